The molecule has 100 valence electrons. The number of hydrogen-bond acceptors (Lipinski definition) is 4. The Bertz CT molecular complexity index is 440. The minimum absolute atomic E-state index is 0.0443. The molecule has 0 radical (unpaired) electrons. The Kier molecular flexibility index (Phi) is 3.73. The smallest absolute Gasteiger partial charge is 0.255 e. The second kappa shape index (κ2) is 5.12. The van der Waals surface area contributed by atoms with E-state index in [1.807, 2.05) is 0 Å². The van der Waals surface area contributed by atoms with Gasteiger partial charge in [0.15, 0.2) is 0 Å². The van der Waals surface area contributed by atoms with Gasteiger partial charge in [0.2, 0.25) is 0 Å². The molecular formula is C13H19NO4. The normalized spacial score (nSPS) is 27.4. The lowest BCUT2D eigenvalue weighted by atomic mass is 10.1. The fraction of sp³-hybridized carbons (Fsp3) is 0.615. The zero-order valence-corrected chi connectivity index (χ0v) is 10.6. The summed E-state index contributed by atoms with van der Waals surface area (Å²) in [4.78, 5) is 12.0. The highest BCUT2D eigenvalue weighted by atomic mass is 16.3. The van der Waals surface area contributed by atoms with Crippen LogP contribution in [0.15, 0.2) is 10.5 Å². The number of amides is 1. The van der Waals surface area contributed by atoms with Crippen LogP contribution in [0.3, 0.4) is 0 Å². The summed E-state index contributed by atoms with van der Waals surface area (Å²) in [6.07, 6.45) is 0.569. The lowest BCUT2D eigenvalue weighted by Gasteiger charge is -2.11. The van der Waals surface area contributed by atoms with E-state index in [1.54, 1.807) is 19.9 Å². The van der Waals surface area contributed by atoms with E-state index in [0.717, 1.165) is 0 Å². The molecule has 1 aromatic heterocycles. The molecule has 0 spiro atoms. The lowest BCUT2D eigenvalue weighted by molar-refractivity contribution is 0.0903. The summed E-state index contributed by atoms with van der Waals surface area (Å²) in [7, 11) is 0. The van der Waals surface area contributed by atoms with E-state index in [0.29, 0.717) is 29.9 Å². The summed E-state index contributed by atoms with van der Waals surface area (Å²) < 4.78 is 5.31. The van der Waals surface area contributed by atoms with Crippen molar-refractivity contribution in [3.05, 3.63) is 23.2 Å². The van der Waals surface area contributed by atoms with Crippen LogP contribution in [0.25, 0.3) is 0 Å². The number of carbonyl (C=O) groups excluding carboxylic acids is 1. The summed E-state index contributed by atoms with van der Waals surface area (Å²) in [5.41, 5.74) is 0.537. The molecule has 0 bridgehead atoms. The predicted octanol–water partition coefficient (Wildman–Crippen LogP) is 0.758. The van der Waals surface area contributed by atoms with E-state index in [2.05, 4.69) is 5.32 Å². The molecule has 18 heavy (non-hydrogen) atoms. The molecule has 1 heterocycles. The molecule has 1 aromatic rings. The van der Waals surface area contributed by atoms with Crippen LogP contribution in [0, 0.1) is 19.8 Å². The van der Waals surface area contributed by atoms with Crippen molar-refractivity contribution in [2.24, 2.45) is 5.92 Å². The highest BCUT2D eigenvalue weighted by molar-refractivity contribution is 5.95. The van der Waals surface area contributed by atoms with E-state index in [1.165, 1.54) is 0 Å². The van der Waals surface area contributed by atoms with Gasteiger partial charge >= 0.3 is 0 Å². The average Bonchev–Trinajstić information content (AvgIpc) is 2.81. The summed E-state index contributed by atoms with van der Waals surface area (Å²) in [5, 5.41) is 21.6. The number of rotatable bonds is 3. The number of aliphatic hydroxyl groups excluding tert-OH is 2. The van der Waals surface area contributed by atoms with Crippen molar-refractivity contribution in [3.8, 4) is 0 Å². The van der Waals surface area contributed by atoms with Gasteiger partial charge in [-0.3, -0.25) is 4.79 Å². The first-order valence-electron chi connectivity index (χ1n) is 6.18. The van der Waals surface area contributed by atoms with Gasteiger partial charge in [0, 0.05) is 18.6 Å². The van der Waals surface area contributed by atoms with Gasteiger partial charge in [-0.25, -0.2) is 0 Å². The number of aliphatic hydroxyl groups is 2. The Morgan fingerprint density at radius 2 is 2.22 bits per heavy atom. The quantitative estimate of drug-likeness (QED) is 0.742. The standard InChI is InChI=1S/C13H19NO4/c1-7-3-11(8(2)18-7)13(17)14-10-4-9(6-15)12(16)5-10/h3,9-10,12,15-16H,4-6H2,1-2H3,(H,14,17)/t9-,10-,12-/m0/s1. The first-order chi connectivity index (χ1) is 8.51. The van der Waals surface area contributed by atoms with Gasteiger partial charge in [-0.1, -0.05) is 0 Å². The maximum Gasteiger partial charge on any atom is 0.255 e. The molecule has 5 nitrogen and oxygen atoms in total. The molecule has 0 unspecified atom stereocenters. The Hall–Kier alpha value is -1.33. The SMILES string of the molecule is Cc1cc(C(=O)N[C@H]2C[C@@H](CO)[C@@H](O)C2)c(C)o1. The van der Waals surface area contributed by atoms with Gasteiger partial charge in [-0.2, -0.15) is 0 Å². The van der Waals surface area contributed by atoms with E-state index >= 15 is 0 Å². The molecule has 3 atom stereocenters. The van der Waals surface area contributed by atoms with Crippen LogP contribution in [0.1, 0.15) is 34.7 Å². The van der Waals surface area contributed by atoms with Crippen molar-refractivity contribution in [2.45, 2.75) is 38.8 Å². The fourth-order valence-electron chi connectivity index (χ4n) is 2.54. The zero-order chi connectivity index (χ0) is 13.3. The first-order valence-corrected chi connectivity index (χ1v) is 6.18. The van der Waals surface area contributed by atoms with Crippen LogP contribution in [0.4, 0.5) is 0 Å². The molecule has 1 aliphatic carbocycles. The molecule has 1 amide bonds. The minimum atomic E-state index is -0.535. The topological polar surface area (TPSA) is 82.7 Å². The van der Waals surface area contributed by atoms with Crippen molar-refractivity contribution >= 4 is 5.91 Å². The Labute approximate surface area is 106 Å². The number of hydrogen-bond donors (Lipinski definition) is 3. The number of aryl methyl sites for hydroxylation is 2. The molecule has 1 fully saturated rings. The van der Waals surface area contributed by atoms with Gasteiger partial charge < -0.3 is 19.9 Å². The number of furan rings is 1. The molecule has 0 aromatic carbocycles. The third-order valence-electron chi connectivity index (χ3n) is 3.51. The molecule has 2 rings (SSSR count). The Balaban J connectivity index is 1.99. The largest absolute Gasteiger partial charge is 0.466 e. The second-order valence-corrected chi connectivity index (χ2v) is 4.98. The summed E-state index contributed by atoms with van der Waals surface area (Å²) >= 11 is 0. The van der Waals surface area contributed by atoms with Crippen molar-refractivity contribution in [2.75, 3.05) is 6.61 Å². The predicted molar refractivity (Wildman–Crippen MR) is 65.3 cm³/mol. The zero-order valence-electron chi connectivity index (χ0n) is 10.6. The van der Waals surface area contributed by atoms with E-state index < -0.39 is 6.10 Å². The van der Waals surface area contributed by atoms with Gasteiger partial charge in [0.25, 0.3) is 5.91 Å². The molecule has 1 aliphatic rings. The number of carbonyl (C=O) groups is 1. The van der Waals surface area contributed by atoms with Gasteiger partial charge in [0.05, 0.1) is 11.7 Å². The third kappa shape index (κ3) is 2.57. The van der Waals surface area contributed by atoms with Crippen LogP contribution in [-0.2, 0) is 0 Å². The van der Waals surface area contributed by atoms with E-state index in [-0.39, 0.29) is 24.5 Å². The van der Waals surface area contributed by atoms with Gasteiger partial charge in [-0.15, -0.1) is 0 Å². The van der Waals surface area contributed by atoms with Gasteiger partial charge in [0.1, 0.15) is 11.5 Å². The van der Waals surface area contributed by atoms with Crippen molar-refractivity contribution in [3.63, 3.8) is 0 Å². The van der Waals surface area contributed by atoms with Crippen LogP contribution < -0.4 is 5.32 Å². The maximum absolute atomic E-state index is 12.0. The van der Waals surface area contributed by atoms with Crippen molar-refractivity contribution in [1.82, 2.24) is 5.32 Å². The molecule has 0 aliphatic heterocycles. The Morgan fingerprint density at radius 3 is 2.72 bits per heavy atom. The molecule has 3 N–H and O–H groups in total. The highest BCUT2D eigenvalue weighted by Crippen LogP contribution is 2.26. The lowest BCUT2D eigenvalue weighted by Crippen LogP contribution is -2.33. The fourth-order valence-corrected chi connectivity index (χ4v) is 2.54. The third-order valence-corrected chi connectivity index (χ3v) is 3.51. The molecule has 5 heteroatoms. The van der Waals surface area contributed by atoms with E-state index in [4.69, 9.17) is 9.52 Å². The van der Waals surface area contributed by atoms with E-state index in [9.17, 15) is 9.90 Å². The summed E-state index contributed by atoms with van der Waals surface area (Å²) in [5.74, 6) is 0.988. The van der Waals surface area contributed by atoms with Crippen LogP contribution in [0.2, 0.25) is 0 Å². The maximum atomic E-state index is 12.0. The Morgan fingerprint density at radius 1 is 1.50 bits per heavy atom. The molecular weight excluding hydrogens is 234 g/mol. The van der Waals surface area contributed by atoms with Crippen LogP contribution in [0.5, 0.6) is 0 Å². The summed E-state index contributed by atoms with van der Waals surface area (Å²) in [6, 6.07) is 1.62. The monoisotopic (exact) mass is 253 g/mol. The molecule has 0 saturated heterocycles. The summed E-state index contributed by atoms with van der Waals surface area (Å²) in [6.45, 7) is 3.50. The average molecular weight is 253 g/mol. The first kappa shape index (κ1) is 13.1. The van der Waals surface area contributed by atoms with Crippen LogP contribution in [-0.4, -0.2) is 34.9 Å². The number of nitrogens with one attached hydrogen (secondary N) is 1. The van der Waals surface area contributed by atoms with Crippen molar-refractivity contribution < 1.29 is 19.4 Å². The molecule has 1 saturated carbocycles. The van der Waals surface area contributed by atoms with Crippen molar-refractivity contribution in [1.29, 1.82) is 0 Å². The second-order valence-electron chi connectivity index (χ2n) is 4.98. The van der Waals surface area contributed by atoms with Gasteiger partial charge in [-0.05, 0) is 32.8 Å². The highest BCUT2D eigenvalue weighted by Gasteiger charge is 2.33. The van der Waals surface area contributed by atoms with Crippen LogP contribution >= 0.6 is 0 Å². The minimum Gasteiger partial charge on any atom is -0.466 e.